The summed E-state index contributed by atoms with van der Waals surface area (Å²) in [5.74, 6) is 0. The predicted molar refractivity (Wildman–Crippen MR) is 99.5 cm³/mol. The summed E-state index contributed by atoms with van der Waals surface area (Å²) in [6, 6.07) is 13.7. The van der Waals surface area contributed by atoms with Gasteiger partial charge in [0.05, 0.1) is 11.4 Å². The van der Waals surface area contributed by atoms with E-state index < -0.39 is 0 Å². The predicted octanol–water partition coefficient (Wildman–Crippen LogP) is 7.35. The fraction of sp³-hybridized carbons (Fsp3) is 0.400. The Labute approximate surface area is 144 Å². The third kappa shape index (κ3) is 4.42. The normalized spacial score (nSPS) is 12.8. The first-order valence-corrected chi connectivity index (χ1v) is 8.28. The molecule has 0 saturated carbocycles. The Bertz CT molecular complexity index is 705. The first-order chi connectivity index (χ1) is 10.6. The van der Waals surface area contributed by atoms with Crippen LogP contribution >= 0.6 is 11.6 Å². The Balaban J connectivity index is 2.63. The fourth-order valence-electron chi connectivity index (χ4n) is 2.66. The van der Waals surface area contributed by atoms with Crippen LogP contribution in [0.15, 0.2) is 52.7 Å². The highest BCUT2D eigenvalue weighted by molar-refractivity contribution is 6.31. The third-order valence-corrected chi connectivity index (χ3v) is 3.89. The van der Waals surface area contributed by atoms with Crippen molar-refractivity contribution >= 4 is 23.0 Å². The second kappa shape index (κ2) is 6.45. The van der Waals surface area contributed by atoms with Crippen LogP contribution in [0.4, 0.5) is 11.4 Å². The minimum Gasteiger partial charge on any atom is -0.151 e. The number of hydrogen-bond donors (Lipinski definition) is 0. The van der Waals surface area contributed by atoms with E-state index >= 15 is 0 Å². The van der Waals surface area contributed by atoms with Crippen LogP contribution in [0.1, 0.15) is 52.7 Å². The molecule has 2 aromatic rings. The molecule has 0 spiro atoms. The number of halogens is 1. The van der Waals surface area contributed by atoms with E-state index in [0.29, 0.717) is 5.02 Å². The Morgan fingerprint density at radius 2 is 1.39 bits per heavy atom. The lowest BCUT2D eigenvalue weighted by Gasteiger charge is -2.31. The third-order valence-electron chi connectivity index (χ3n) is 3.67. The molecule has 0 saturated heterocycles. The van der Waals surface area contributed by atoms with Crippen LogP contribution in [0, 0.1) is 0 Å². The summed E-state index contributed by atoms with van der Waals surface area (Å²) in [4.78, 5) is 0. The number of azo groups is 1. The van der Waals surface area contributed by atoms with Gasteiger partial charge >= 0.3 is 0 Å². The molecule has 0 fully saturated rings. The molecule has 0 heterocycles. The minimum atomic E-state index is -0.0434. The van der Waals surface area contributed by atoms with Crippen molar-refractivity contribution in [1.82, 2.24) is 0 Å². The standard InChI is InChI=1S/C20H25ClN2/c1-19(2,3)16-12-14(21)13-17(18(16)20(4,5)6)23-22-15-10-8-7-9-11-15/h7-13H,1-6H3. The van der Waals surface area contributed by atoms with E-state index in [9.17, 15) is 0 Å². The zero-order valence-corrected chi connectivity index (χ0v) is 15.6. The molecular weight excluding hydrogens is 304 g/mol. The van der Waals surface area contributed by atoms with Crippen LogP contribution in [0.25, 0.3) is 0 Å². The molecule has 2 rings (SSSR count). The molecule has 0 aromatic heterocycles. The van der Waals surface area contributed by atoms with Crippen LogP contribution in [0.5, 0.6) is 0 Å². The molecule has 0 aliphatic rings. The zero-order chi connectivity index (χ0) is 17.3. The van der Waals surface area contributed by atoms with E-state index in [1.165, 1.54) is 11.1 Å². The van der Waals surface area contributed by atoms with E-state index in [0.717, 1.165) is 11.4 Å². The van der Waals surface area contributed by atoms with Crippen molar-refractivity contribution in [2.75, 3.05) is 0 Å². The van der Waals surface area contributed by atoms with Crippen molar-refractivity contribution in [3.8, 4) is 0 Å². The molecular formula is C20H25ClN2. The second-order valence-electron chi connectivity index (χ2n) is 7.88. The molecule has 2 nitrogen and oxygen atoms in total. The Morgan fingerprint density at radius 1 is 0.783 bits per heavy atom. The Morgan fingerprint density at radius 3 is 1.91 bits per heavy atom. The fourth-order valence-corrected chi connectivity index (χ4v) is 2.87. The van der Waals surface area contributed by atoms with Gasteiger partial charge in [0, 0.05) is 5.02 Å². The lowest BCUT2D eigenvalue weighted by atomic mass is 9.74. The summed E-state index contributed by atoms with van der Waals surface area (Å²) in [5, 5.41) is 9.60. The molecule has 3 heteroatoms. The van der Waals surface area contributed by atoms with Gasteiger partial charge in [0.1, 0.15) is 0 Å². The molecule has 0 bridgehead atoms. The molecule has 0 aliphatic carbocycles. The van der Waals surface area contributed by atoms with E-state index in [1.54, 1.807) is 0 Å². The summed E-state index contributed by atoms with van der Waals surface area (Å²) in [6.07, 6.45) is 0. The van der Waals surface area contributed by atoms with Crippen LogP contribution in [0.3, 0.4) is 0 Å². The topological polar surface area (TPSA) is 24.7 Å². The largest absolute Gasteiger partial charge is 0.151 e. The molecule has 0 N–H and O–H groups in total. The van der Waals surface area contributed by atoms with E-state index in [2.05, 4.69) is 57.8 Å². The average molecular weight is 329 g/mol. The Hall–Kier alpha value is -1.67. The summed E-state index contributed by atoms with van der Waals surface area (Å²) in [6.45, 7) is 13.2. The molecule has 0 amide bonds. The van der Waals surface area contributed by atoms with E-state index in [4.69, 9.17) is 11.6 Å². The van der Waals surface area contributed by atoms with Crippen molar-refractivity contribution in [2.45, 2.75) is 52.4 Å². The van der Waals surface area contributed by atoms with Crippen molar-refractivity contribution < 1.29 is 0 Å². The molecule has 23 heavy (non-hydrogen) atoms. The van der Waals surface area contributed by atoms with Gasteiger partial charge in [-0.15, -0.1) is 0 Å². The van der Waals surface area contributed by atoms with Crippen molar-refractivity contribution in [3.63, 3.8) is 0 Å². The smallest absolute Gasteiger partial charge is 0.0912 e. The number of hydrogen-bond acceptors (Lipinski definition) is 2. The summed E-state index contributed by atoms with van der Waals surface area (Å²) < 4.78 is 0. The van der Waals surface area contributed by atoms with Crippen LogP contribution in [0.2, 0.25) is 5.02 Å². The maximum absolute atomic E-state index is 6.36. The van der Waals surface area contributed by atoms with E-state index in [1.807, 2.05) is 36.4 Å². The highest BCUT2D eigenvalue weighted by atomic mass is 35.5. The first kappa shape index (κ1) is 17.7. The summed E-state index contributed by atoms with van der Waals surface area (Å²) in [7, 11) is 0. The van der Waals surface area contributed by atoms with Crippen LogP contribution < -0.4 is 0 Å². The number of rotatable bonds is 2. The molecule has 0 aliphatic heterocycles. The summed E-state index contributed by atoms with van der Waals surface area (Å²) >= 11 is 6.36. The SMILES string of the molecule is CC(C)(C)c1cc(Cl)cc(N=Nc2ccccc2)c1C(C)(C)C. The van der Waals surface area contributed by atoms with Gasteiger partial charge in [-0.1, -0.05) is 71.3 Å². The lowest BCUT2D eigenvalue weighted by molar-refractivity contribution is 0.531. The van der Waals surface area contributed by atoms with Gasteiger partial charge in [0.15, 0.2) is 0 Å². The second-order valence-corrected chi connectivity index (χ2v) is 8.32. The maximum atomic E-state index is 6.36. The summed E-state index contributed by atoms with van der Waals surface area (Å²) in [5.41, 5.74) is 4.06. The van der Waals surface area contributed by atoms with E-state index in [-0.39, 0.29) is 10.8 Å². The Kier molecular flexibility index (Phi) is 4.95. The minimum absolute atomic E-state index is 0.00939. The molecule has 0 radical (unpaired) electrons. The number of nitrogens with zero attached hydrogens (tertiary/aromatic N) is 2. The van der Waals surface area contributed by atoms with Crippen molar-refractivity contribution in [2.24, 2.45) is 10.2 Å². The van der Waals surface area contributed by atoms with Crippen LogP contribution in [-0.4, -0.2) is 0 Å². The highest BCUT2D eigenvalue weighted by Gasteiger charge is 2.28. The van der Waals surface area contributed by atoms with Crippen LogP contribution in [-0.2, 0) is 10.8 Å². The maximum Gasteiger partial charge on any atom is 0.0912 e. The highest BCUT2D eigenvalue weighted by Crippen LogP contribution is 2.42. The molecule has 2 aromatic carbocycles. The van der Waals surface area contributed by atoms with Gasteiger partial charge in [0.2, 0.25) is 0 Å². The lowest BCUT2D eigenvalue weighted by Crippen LogP contribution is -2.22. The van der Waals surface area contributed by atoms with Gasteiger partial charge in [0.25, 0.3) is 0 Å². The van der Waals surface area contributed by atoms with Gasteiger partial charge in [-0.3, -0.25) is 0 Å². The van der Waals surface area contributed by atoms with Gasteiger partial charge in [-0.05, 0) is 46.2 Å². The monoisotopic (exact) mass is 328 g/mol. The van der Waals surface area contributed by atoms with Crippen molar-refractivity contribution in [3.05, 3.63) is 58.6 Å². The first-order valence-electron chi connectivity index (χ1n) is 7.90. The van der Waals surface area contributed by atoms with Gasteiger partial charge in [-0.2, -0.15) is 10.2 Å². The zero-order valence-electron chi connectivity index (χ0n) is 14.8. The molecule has 0 unspecified atom stereocenters. The molecule has 122 valence electrons. The quantitative estimate of drug-likeness (QED) is 0.515. The number of benzene rings is 2. The van der Waals surface area contributed by atoms with Gasteiger partial charge < -0.3 is 0 Å². The average Bonchev–Trinajstić information content (AvgIpc) is 2.43. The van der Waals surface area contributed by atoms with Gasteiger partial charge in [-0.25, -0.2) is 0 Å². The molecule has 0 atom stereocenters. The van der Waals surface area contributed by atoms with Crippen molar-refractivity contribution in [1.29, 1.82) is 0 Å².